The Balaban J connectivity index is 2.63. The fraction of sp³-hybridized carbons (Fsp3) is 0.429. The van der Waals surface area contributed by atoms with E-state index in [1.807, 2.05) is 0 Å². The molecule has 0 heterocycles. The van der Waals surface area contributed by atoms with Crippen molar-refractivity contribution in [3.8, 4) is 0 Å². The molecule has 0 radical (unpaired) electrons. The number of hydrogen-bond donors (Lipinski definition) is 3. The lowest BCUT2D eigenvalue weighted by atomic mass is 10.1. The molecule has 0 spiro atoms. The van der Waals surface area contributed by atoms with E-state index in [4.69, 9.17) is 0 Å². The van der Waals surface area contributed by atoms with Gasteiger partial charge in [-0.15, -0.1) is 0 Å². The molecular formula is C14H21N3O4S. The Morgan fingerprint density at radius 2 is 1.82 bits per heavy atom. The molecule has 0 aliphatic heterocycles. The van der Waals surface area contributed by atoms with Crippen LogP contribution in [0.15, 0.2) is 30.3 Å². The number of likely N-dealkylation sites (N-methyl/N-ethyl adjacent to an activating group) is 1. The summed E-state index contributed by atoms with van der Waals surface area (Å²) in [7, 11) is -1.66. The van der Waals surface area contributed by atoms with Crippen molar-refractivity contribution >= 4 is 21.8 Å². The van der Waals surface area contributed by atoms with Crippen molar-refractivity contribution in [1.29, 1.82) is 0 Å². The predicted molar refractivity (Wildman–Crippen MR) is 84.1 cm³/mol. The Morgan fingerprint density at radius 3 is 2.36 bits per heavy atom. The maximum Gasteiger partial charge on any atom is 0.315 e. The van der Waals surface area contributed by atoms with E-state index < -0.39 is 21.9 Å². The van der Waals surface area contributed by atoms with Crippen molar-refractivity contribution in [2.24, 2.45) is 0 Å². The number of hydrogen-bond acceptors (Lipinski definition) is 4. The molecule has 1 atom stereocenters. The van der Waals surface area contributed by atoms with Crippen molar-refractivity contribution in [1.82, 2.24) is 16.0 Å². The lowest BCUT2D eigenvalue weighted by Gasteiger charge is -2.18. The van der Waals surface area contributed by atoms with Gasteiger partial charge in [0, 0.05) is 19.3 Å². The second-order valence-corrected chi connectivity index (χ2v) is 7.07. The zero-order chi connectivity index (χ0) is 16.6. The third kappa shape index (κ3) is 5.72. The van der Waals surface area contributed by atoms with Crippen molar-refractivity contribution < 1.29 is 18.0 Å². The van der Waals surface area contributed by atoms with Gasteiger partial charge < -0.3 is 16.0 Å². The van der Waals surface area contributed by atoms with E-state index in [0.29, 0.717) is 5.56 Å². The zero-order valence-electron chi connectivity index (χ0n) is 12.6. The fourth-order valence-electron chi connectivity index (χ4n) is 1.74. The summed E-state index contributed by atoms with van der Waals surface area (Å²) in [6.45, 7) is 1.55. The van der Waals surface area contributed by atoms with Crippen molar-refractivity contribution in [3.05, 3.63) is 35.9 Å². The number of carbonyl (C=O) groups is 2. The number of amides is 3. The van der Waals surface area contributed by atoms with E-state index in [1.165, 1.54) is 7.05 Å². The summed E-state index contributed by atoms with van der Waals surface area (Å²) >= 11 is 0. The molecule has 0 aliphatic carbocycles. The van der Waals surface area contributed by atoms with Gasteiger partial charge in [0.25, 0.3) is 0 Å². The first-order valence-corrected chi connectivity index (χ1v) is 8.73. The average molecular weight is 327 g/mol. The first kappa shape index (κ1) is 18.0. The second-order valence-electron chi connectivity index (χ2n) is 4.59. The van der Waals surface area contributed by atoms with Crippen molar-refractivity contribution in [3.63, 3.8) is 0 Å². The molecule has 0 bridgehead atoms. The van der Waals surface area contributed by atoms with Crippen molar-refractivity contribution in [2.75, 3.05) is 25.1 Å². The Hall–Kier alpha value is -2.09. The quantitative estimate of drug-likeness (QED) is 0.666. The molecule has 1 rings (SSSR count). The number of benzene rings is 1. The van der Waals surface area contributed by atoms with E-state index in [1.54, 1.807) is 37.3 Å². The highest BCUT2D eigenvalue weighted by molar-refractivity contribution is 7.91. The number of urea groups is 1. The third-order valence-corrected chi connectivity index (χ3v) is 4.76. The average Bonchev–Trinajstić information content (AvgIpc) is 2.52. The summed E-state index contributed by atoms with van der Waals surface area (Å²) in [6.07, 6.45) is 0. The highest BCUT2D eigenvalue weighted by Crippen LogP contribution is 2.12. The number of carbonyl (C=O) groups excluding carboxylic acids is 2. The number of sulfone groups is 1. The molecule has 22 heavy (non-hydrogen) atoms. The summed E-state index contributed by atoms with van der Waals surface area (Å²) < 4.78 is 22.7. The molecule has 0 aliphatic rings. The van der Waals surface area contributed by atoms with Crippen LogP contribution >= 0.6 is 0 Å². The van der Waals surface area contributed by atoms with E-state index in [0.717, 1.165) is 0 Å². The Labute approximate surface area is 130 Å². The minimum Gasteiger partial charge on any atom is -0.357 e. The van der Waals surface area contributed by atoms with Crippen LogP contribution in [0.5, 0.6) is 0 Å². The fourth-order valence-corrected chi connectivity index (χ4v) is 2.44. The third-order valence-electron chi connectivity index (χ3n) is 3.06. The molecule has 3 N–H and O–H groups in total. The van der Waals surface area contributed by atoms with Gasteiger partial charge >= 0.3 is 6.03 Å². The standard InChI is InChI=1S/C14H21N3O4S/c1-3-22(20,21)10-9-16-14(19)17-12(13(18)15-2)11-7-5-4-6-8-11/h4-8,12H,3,9-10H2,1-2H3,(H,15,18)(H2,16,17,19)/t12-/m0/s1. The summed E-state index contributed by atoms with van der Waals surface area (Å²) in [5.41, 5.74) is 0.637. The molecule has 122 valence electrons. The summed E-state index contributed by atoms with van der Waals surface area (Å²) in [5.74, 6) is -0.462. The molecule has 0 aromatic heterocycles. The van der Waals surface area contributed by atoms with Crippen LogP contribution in [0.3, 0.4) is 0 Å². The van der Waals surface area contributed by atoms with Crippen LogP contribution in [0, 0.1) is 0 Å². The van der Waals surface area contributed by atoms with Crippen molar-refractivity contribution in [2.45, 2.75) is 13.0 Å². The molecular weight excluding hydrogens is 306 g/mol. The first-order chi connectivity index (χ1) is 10.4. The summed E-state index contributed by atoms with van der Waals surface area (Å²) in [4.78, 5) is 23.7. The topological polar surface area (TPSA) is 104 Å². The van der Waals surface area contributed by atoms with Gasteiger partial charge in [0.15, 0.2) is 9.84 Å². The highest BCUT2D eigenvalue weighted by Gasteiger charge is 2.21. The van der Waals surface area contributed by atoms with E-state index in [2.05, 4.69) is 16.0 Å². The Kier molecular flexibility index (Phi) is 6.84. The lowest BCUT2D eigenvalue weighted by molar-refractivity contribution is -0.122. The van der Waals surface area contributed by atoms with Gasteiger partial charge in [0.1, 0.15) is 6.04 Å². The monoisotopic (exact) mass is 327 g/mol. The lowest BCUT2D eigenvalue weighted by Crippen LogP contribution is -2.44. The largest absolute Gasteiger partial charge is 0.357 e. The summed E-state index contributed by atoms with van der Waals surface area (Å²) in [5, 5.41) is 7.46. The molecule has 0 saturated heterocycles. The minimum atomic E-state index is -3.14. The van der Waals surface area contributed by atoms with Gasteiger partial charge in [-0.05, 0) is 5.56 Å². The molecule has 8 heteroatoms. The van der Waals surface area contributed by atoms with Crippen LogP contribution in [0.1, 0.15) is 18.5 Å². The van der Waals surface area contributed by atoms with Crippen LogP contribution in [-0.2, 0) is 14.6 Å². The van der Waals surface area contributed by atoms with Gasteiger partial charge in [-0.3, -0.25) is 4.79 Å². The smallest absolute Gasteiger partial charge is 0.315 e. The van der Waals surface area contributed by atoms with Gasteiger partial charge in [0.05, 0.1) is 5.75 Å². The van der Waals surface area contributed by atoms with E-state index in [9.17, 15) is 18.0 Å². The first-order valence-electron chi connectivity index (χ1n) is 6.91. The molecule has 0 fully saturated rings. The minimum absolute atomic E-state index is 0.00272. The molecule has 1 aromatic carbocycles. The highest BCUT2D eigenvalue weighted by atomic mass is 32.2. The molecule has 7 nitrogen and oxygen atoms in total. The predicted octanol–water partition coefficient (Wildman–Crippen LogP) is 0.208. The second kappa shape index (κ2) is 8.38. The molecule has 3 amide bonds. The SMILES string of the molecule is CCS(=O)(=O)CCNC(=O)N[C@H](C(=O)NC)c1ccccc1. The molecule has 0 saturated carbocycles. The number of nitrogens with one attached hydrogen (secondary N) is 3. The van der Waals surface area contributed by atoms with Crippen LogP contribution in [-0.4, -0.2) is 45.5 Å². The summed E-state index contributed by atoms with van der Waals surface area (Å²) in [6, 6.07) is 7.35. The van der Waals surface area contributed by atoms with Gasteiger partial charge in [-0.2, -0.15) is 0 Å². The molecule has 0 unspecified atom stereocenters. The van der Waals surface area contributed by atoms with Crippen LogP contribution in [0.25, 0.3) is 0 Å². The maximum atomic E-state index is 11.9. The Morgan fingerprint density at radius 1 is 1.18 bits per heavy atom. The van der Waals surface area contributed by atoms with Gasteiger partial charge in [-0.25, -0.2) is 13.2 Å². The van der Waals surface area contributed by atoms with Crippen LogP contribution in [0.2, 0.25) is 0 Å². The van der Waals surface area contributed by atoms with E-state index in [-0.39, 0.29) is 24.0 Å². The van der Waals surface area contributed by atoms with Gasteiger partial charge in [-0.1, -0.05) is 37.3 Å². The zero-order valence-corrected chi connectivity index (χ0v) is 13.4. The van der Waals surface area contributed by atoms with Crippen LogP contribution < -0.4 is 16.0 Å². The van der Waals surface area contributed by atoms with Crippen LogP contribution in [0.4, 0.5) is 4.79 Å². The van der Waals surface area contributed by atoms with Gasteiger partial charge in [0.2, 0.25) is 5.91 Å². The van der Waals surface area contributed by atoms with E-state index >= 15 is 0 Å². The molecule has 1 aromatic rings. The normalized spacial score (nSPS) is 12.3. The number of rotatable bonds is 7. The Bertz CT molecular complexity index is 602. The maximum absolute atomic E-state index is 11.9.